The molecule has 0 aromatic heterocycles. The average molecular weight is 343 g/mol. The van der Waals surface area contributed by atoms with Crippen LogP contribution in [-0.2, 0) is 9.22 Å². The van der Waals surface area contributed by atoms with E-state index in [-0.39, 0.29) is 24.0 Å². The van der Waals surface area contributed by atoms with Crippen molar-refractivity contribution in [2.75, 3.05) is 6.61 Å². The highest BCUT2D eigenvalue weighted by Gasteiger charge is 2.52. The van der Waals surface area contributed by atoms with Crippen molar-refractivity contribution in [3.05, 3.63) is 60.7 Å². The SMILES string of the molecule is CC(C)(C)[Si](OC(=O)CCCO)(c1ccccc1)c1ccccc1. The molecule has 4 heteroatoms. The lowest BCUT2D eigenvalue weighted by Crippen LogP contribution is -2.67. The van der Waals surface area contributed by atoms with Gasteiger partial charge in [-0.3, -0.25) is 4.79 Å². The molecule has 2 aromatic rings. The van der Waals surface area contributed by atoms with E-state index < -0.39 is 8.32 Å². The summed E-state index contributed by atoms with van der Waals surface area (Å²) in [5.74, 6) is -0.238. The lowest BCUT2D eigenvalue weighted by Gasteiger charge is -2.42. The molecule has 128 valence electrons. The molecule has 3 nitrogen and oxygen atoms in total. The molecule has 0 bridgehead atoms. The lowest BCUT2D eigenvalue weighted by atomic mass is 10.2. The fourth-order valence-corrected chi connectivity index (χ4v) is 7.47. The number of carbonyl (C=O) groups is 1. The highest BCUT2D eigenvalue weighted by Crippen LogP contribution is 2.37. The first-order valence-corrected chi connectivity index (χ1v) is 10.3. The van der Waals surface area contributed by atoms with Gasteiger partial charge in [-0.2, -0.15) is 0 Å². The summed E-state index contributed by atoms with van der Waals surface area (Å²) in [6.07, 6.45) is 0.665. The van der Waals surface area contributed by atoms with E-state index in [4.69, 9.17) is 9.53 Å². The van der Waals surface area contributed by atoms with Gasteiger partial charge in [-0.15, -0.1) is 0 Å². The van der Waals surface area contributed by atoms with E-state index in [1.807, 2.05) is 36.4 Å². The standard InChI is InChI=1S/C20H26O3Si/c1-20(2,3)24(17-11-6-4-7-12-17,18-13-8-5-9-14-18)23-19(22)15-10-16-21/h4-9,11-14,21H,10,15-16H2,1-3H3. The fourth-order valence-electron chi connectivity index (χ4n) is 3.09. The third-order valence-electron chi connectivity index (χ3n) is 4.22. The van der Waals surface area contributed by atoms with E-state index in [1.165, 1.54) is 0 Å². The molecule has 0 heterocycles. The van der Waals surface area contributed by atoms with Crippen LogP contribution < -0.4 is 10.4 Å². The van der Waals surface area contributed by atoms with Crippen molar-refractivity contribution in [1.82, 2.24) is 0 Å². The largest absolute Gasteiger partial charge is 0.510 e. The summed E-state index contributed by atoms with van der Waals surface area (Å²) in [5.41, 5.74) is 0. The molecule has 24 heavy (non-hydrogen) atoms. The zero-order valence-electron chi connectivity index (χ0n) is 14.7. The van der Waals surface area contributed by atoms with Crippen molar-refractivity contribution in [3.63, 3.8) is 0 Å². The van der Waals surface area contributed by atoms with Crippen LogP contribution in [0.25, 0.3) is 0 Å². The molecule has 0 aliphatic heterocycles. The quantitative estimate of drug-likeness (QED) is 0.821. The molecular formula is C20H26O3Si. The van der Waals surface area contributed by atoms with Gasteiger partial charge in [0.25, 0.3) is 5.97 Å². The number of rotatable bonds is 6. The second kappa shape index (κ2) is 7.77. The minimum atomic E-state index is -2.79. The van der Waals surface area contributed by atoms with E-state index in [0.29, 0.717) is 6.42 Å². The fraction of sp³-hybridized carbons (Fsp3) is 0.350. The number of benzene rings is 2. The normalized spacial score (nSPS) is 12.0. The number of carbonyl (C=O) groups excluding carboxylic acids is 1. The molecular weight excluding hydrogens is 316 g/mol. The Bertz CT molecular complexity index is 608. The van der Waals surface area contributed by atoms with E-state index in [0.717, 1.165) is 10.4 Å². The molecule has 0 aliphatic carbocycles. The molecule has 0 unspecified atom stereocenters. The van der Waals surface area contributed by atoms with Crippen molar-refractivity contribution in [2.45, 2.75) is 38.7 Å². The lowest BCUT2D eigenvalue weighted by molar-refractivity contribution is -0.135. The van der Waals surface area contributed by atoms with Crippen molar-refractivity contribution in [1.29, 1.82) is 0 Å². The Hall–Kier alpha value is -1.91. The van der Waals surface area contributed by atoms with Gasteiger partial charge in [-0.1, -0.05) is 81.4 Å². The second-order valence-electron chi connectivity index (χ2n) is 6.96. The number of aliphatic hydroxyl groups is 1. The van der Waals surface area contributed by atoms with Crippen LogP contribution in [0.15, 0.2) is 60.7 Å². The molecule has 0 amide bonds. The van der Waals surface area contributed by atoms with Crippen LogP contribution >= 0.6 is 0 Å². The van der Waals surface area contributed by atoms with Gasteiger partial charge in [0.2, 0.25) is 0 Å². The van der Waals surface area contributed by atoms with Crippen molar-refractivity contribution in [2.24, 2.45) is 0 Å². The first-order chi connectivity index (χ1) is 11.4. The topological polar surface area (TPSA) is 46.5 Å². The summed E-state index contributed by atoms with van der Waals surface area (Å²) in [7, 11) is -2.79. The van der Waals surface area contributed by atoms with Crippen LogP contribution in [0, 0.1) is 0 Å². The van der Waals surface area contributed by atoms with Crippen LogP contribution in [0.3, 0.4) is 0 Å². The van der Waals surface area contributed by atoms with Crippen molar-refractivity contribution in [3.8, 4) is 0 Å². The number of aliphatic hydroxyl groups excluding tert-OH is 1. The molecule has 0 saturated heterocycles. The molecule has 0 fully saturated rings. The molecule has 0 aliphatic rings. The Labute approximate surface area is 145 Å². The van der Waals surface area contributed by atoms with E-state index in [1.54, 1.807) is 0 Å². The van der Waals surface area contributed by atoms with Gasteiger partial charge >= 0.3 is 8.32 Å². The predicted octanol–water partition coefficient (Wildman–Crippen LogP) is 2.86. The van der Waals surface area contributed by atoms with Crippen LogP contribution in [0.1, 0.15) is 33.6 Å². The summed E-state index contributed by atoms with van der Waals surface area (Å²) in [5, 5.41) is 11.0. The van der Waals surface area contributed by atoms with Crippen LogP contribution in [0.2, 0.25) is 5.04 Å². The Morgan fingerprint density at radius 3 is 1.79 bits per heavy atom. The van der Waals surface area contributed by atoms with Gasteiger partial charge < -0.3 is 9.53 Å². The summed E-state index contributed by atoms with van der Waals surface area (Å²) in [6, 6.07) is 20.2. The van der Waals surface area contributed by atoms with E-state index >= 15 is 0 Å². The maximum Gasteiger partial charge on any atom is 0.323 e. The first-order valence-electron chi connectivity index (χ1n) is 8.35. The summed E-state index contributed by atoms with van der Waals surface area (Å²) < 4.78 is 6.27. The Morgan fingerprint density at radius 2 is 1.42 bits per heavy atom. The number of hydrogen-bond donors (Lipinski definition) is 1. The summed E-state index contributed by atoms with van der Waals surface area (Å²) >= 11 is 0. The molecule has 2 aromatic carbocycles. The van der Waals surface area contributed by atoms with E-state index in [9.17, 15) is 4.79 Å². The van der Waals surface area contributed by atoms with Gasteiger partial charge in [0.05, 0.1) is 0 Å². The zero-order chi connectivity index (χ0) is 17.6. The maximum atomic E-state index is 12.5. The molecule has 2 rings (SSSR count). The van der Waals surface area contributed by atoms with Crippen LogP contribution in [0.4, 0.5) is 0 Å². The van der Waals surface area contributed by atoms with Crippen LogP contribution in [-0.4, -0.2) is 26.0 Å². The smallest absolute Gasteiger partial charge is 0.323 e. The third kappa shape index (κ3) is 3.76. The first kappa shape index (κ1) is 18.4. The van der Waals surface area contributed by atoms with Gasteiger partial charge in [0.1, 0.15) is 0 Å². The average Bonchev–Trinajstić information content (AvgIpc) is 2.58. The Balaban J connectivity index is 2.59. The Kier molecular flexibility index (Phi) is 5.97. The summed E-state index contributed by atoms with van der Waals surface area (Å²) in [6.45, 7) is 6.41. The van der Waals surface area contributed by atoms with Gasteiger partial charge in [-0.25, -0.2) is 0 Å². The summed E-state index contributed by atoms with van der Waals surface area (Å²) in [4.78, 5) is 12.5. The predicted molar refractivity (Wildman–Crippen MR) is 100 cm³/mol. The maximum absolute atomic E-state index is 12.5. The third-order valence-corrected chi connectivity index (χ3v) is 9.16. The zero-order valence-corrected chi connectivity index (χ0v) is 15.7. The molecule has 0 radical (unpaired) electrons. The highest BCUT2D eigenvalue weighted by molar-refractivity contribution is 7.00. The van der Waals surface area contributed by atoms with Gasteiger partial charge in [-0.05, 0) is 21.8 Å². The highest BCUT2D eigenvalue weighted by atomic mass is 28.4. The molecule has 0 spiro atoms. The Morgan fingerprint density at radius 1 is 0.958 bits per heavy atom. The van der Waals surface area contributed by atoms with Crippen molar-refractivity contribution >= 4 is 24.7 Å². The monoisotopic (exact) mass is 342 g/mol. The van der Waals surface area contributed by atoms with Gasteiger partial charge in [0.15, 0.2) is 0 Å². The van der Waals surface area contributed by atoms with Crippen LogP contribution in [0.5, 0.6) is 0 Å². The minimum absolute atomic E-state index is 0.00412. The second-order valence-corrected chi connectivity index (χ2v) is 11.2. The van der Waals surface area contributed by atoms with Gasteiger partial charge in [0, 0.05) is 13.0 Å². The van der Waals surface area contributed by atoms with Crippen molar-refractivity contribution < 1.29 is 14.3 Å². The minimum Gasteiger partial charge on any atom is -0.510 e. The van der Waals surface area contributed by atoms with E-state index in [2.05, 4.69) is 45.0 Å². The molecule has 0 saturated carbocycles. The number of hydrogen-bond acceptors (Lipinski definition) is 3. The molecule has 0 atom stereocenters. The molecule has 1 N–H and O–H groups in total.